The van der Waals surface area contributed by atoms with Crippen molar-refractivity contribution in [2.24, 2.45) is 0 Å². The fourth-order valence-corrected chi connectivity index (χ4v) is 1.72. The van der Waals surface area contributed by atoms with Crippen LogP contribution in [0.2, 0.25) is 0 Å². The van der Waals surface area contributed by atoms with E-state index < -0.39 is 61.0 Å². The molecule has 13 nitrogen and oxygen atoms in total. The number of alkyl halides is 2. The molecule has 2 rings (SSSR count). The Morgan fingerprint density at radius 2 is 1.79 bits per heavy atom. The van der Waals surface area contributed by atoms with Gasteiger partial charge in [-0.3, -0.25) is 4.57 Å². The SMILES string of the molecule is N.N.Nc1ccn([C@@H]2O[C@H](CO)[C@@H](O)C2(F)F)c(=O)n1.O=P(O)(O)O.[Cl][Pt][Cl]. The van der Waals surface area contributed by atoms with Crippen molar-refractivity contribution in [1.29, 1.82) is 0 Å². The number of nitrogens with two attached hydrogens (primary N) is 1. The Labute approximate surface area is 173 Å². The zero-order valence-electron chi connectivity index (χ0n) is 13.7. The van der Waals surface area contributed by atoms with E-state index in [0.717, 1.165) is 12.3 Å². The van der Waals surface area contributed by atoms with E-state index in [9.17, 15) is 18.7 Å². The zero-order valence-corrected chi connectivity index (χ0v) is 18.4. The molecule has 1 aromatic heterocycles. The molecule has 2 heterocycles. The van der Waals surface area contributed by atoms with Crippen molar-refractivity contribution >= 4 is 32.5 Å². The molecule has 1 aliphatic heterocycles. The van der Waals surface area contributed by atoms with Crippen LogP contribution >= 0.6 is 26.7 Å². The van der Waals surface area contributed by atoms with Crippen molar-refractivity contribution in [2.45, 2.75) is 24.4 Å². The fraction of sp³-hybridized carbons (Fsp3) is 0.556. The van der Waals surface area contributed by atoms with Crippen LogP contribution in [0.4, 0.5) is 14.6 Å². The number of nitrogens with zero attached hydrogens (tertiary/aromatic N) is 2. The van der Waals surface area contributed by atoms with E-state index in [0.29, 0.717) is 4.57 Å². The molecule has 28 heavy (non-hydrogen) atoms. The molecule has 172 valence electrons. The van der Waals surface area contributed by atoms with Gasteiger partial charge >= 0.3 is 54.8 Å². The van der Waals surface area contributed by atoms with Crippen LogP contribution in [0.15, 0.2) is 17.1 Å². The van der Waals surface area contributed by atoms with Crippen LogP contribution in [0.3, 0.4) is 0 Å². The van der Waals surface area contributed by atoms with E-state index in [-0.39, 0.29) is 18.1 Å². The summed E-state index contributed by atoms with van der Waals surface area (Å²) in [5.74, 6) is -3.83. The van der Waals surface area contributed by atoms with E-state index in [4.69, 9.17) is 53.7 Å². The van der Waals surface area contributed by atoms with Crippen molar-refractivity contribution < 1.29 is 59.5 Å². The summed E-state index contributed by atoms with van der Waals surface area (Å²) in [5, 5.41) is 18.1. The minimum absolute atomic E-state index is 0. The number of aliphatic hydroxyl groups excluding tert-OH is 2. The molecule has 1 aromatic rings. The maximum absolute atomic E-state index is 13.7. The van der Waals surface area contributed by atoms with Gasteiger partial charge in [0.1, 0.15) is 11.9 Å². The Balaban J connectivity index is -0.000000538. The van der Waals surface area contributed by atoms with Crippen molar-refractivity contribution in [1.82, 2.24) is 21.9 Å². The van der Waals surface area contributed by atoms with Gasteiger partial charge in [-0.05, 0) is 6.07 Å². The summed E-state index contributed by atoms with van der Waals surface area (Å²) in [4.78, 5) is 36.3. The third kappa shape index (κ3) is 10.5. The van der Waals surface area contributed by atoms with Gasteiger partial charge in [0, 0.05) is 6.20 Å². The predicted octanol–water partition coefficient (Wildman–Crippen LogP) is -0.517. The fourth-order valence-electron chi connectivity index (χ4n) is 1.72. The van der Waals surface area contributed by atoms with E-state index in [1.165, 1.54) is 0 Å². The number of aromatic nitrogens is 2. The van der Waals surface area contributed by atoms with Crippen molar-refractivity contribution in [3.05, 3.63) is 22.7 Å². The summed E-state index contributed by atoms with van der Waals surface area (Å²) in [7, 11) is 5.11. The zero-order chi connectivity index (χ0) is 20.7. The maximum atomic E-state index is 13.7. The molecule has 0 radical (unpaired) electrons. The van der Waals surface area contributed by atoms with Crippen LogP contribution in [0.1, 0.15) is 6.23 Å². The van der Waals surface area contributed by atoms with E-state index in [2.05, 4.69) is 4.98 Å². The molecule has 0 bridgehead atoms. The van der Waals surface area contributed by atoms with Gasteiger partial charge in [0.05, 0.1) is 6.61 Å². The molecule has 1 saturated heterocycles. The Hall–Kier alpha value is -0.282. The molecular weight excluding hydrogens is 641 g/mol. The molecule has 1 aliphatic rings. The topological polar surface area (TPSA) is 258 Å². The number of hydrogen-bond donors (Lipinski definition) is 8. The molecule has 0 aromatic carbocycles. The summed E-state index contributed by atoms with van der Waals surface area (Å²) in [6.45, 7) is -0.787. The van der Waals surface area contributed by atoms with Crippen LogP contribution in [-0.4, -0.2) is 59.2 Å². The Kier molecular flexibility index (Phi) is 16.0. The molecule has 0 amide bonds. The predicted molar refractivity (Wildman–Crippen MR) is 90.9 cm³/mol. The van der Waals surface area contributed by atoms with Crippen LogP contribution in [0.25, 0.3) is 0 Å². The molecule has 1 fully saturated rings. The third-order valence-corrected chi connectivity index (χ3v) is 2.66. The molecule has 19 heteroatoms. The number of ether oxygens (including phenoxy) is 1. The number of rotatable bonds is 2. The second-order valence-corrected chi connectivity index (χ2v) is 8.74. The van der Waals surface area contributed by atoms with Gasteiger partial charge in [-0.1, -0.05) is 0 Å². The van der Waals surface area contributed by atoms with Gasteiger partial charge in [0.15, 0.2) is 6.10 Å². The Morgan fingerprint density at radius 3 is 2.11 bits per heavy atom. The summed E-state index contributed by atoms with van der Waals surface area (Å²) >= 11 is -0.472. The molecule has 0 aliphatic carbocycles. The third-order valence-electron chi connectivity index (χ3n) is 2.66. The van der Waals surface area contributed by atoms with Gasteiger partial charge in [0.2, 0.25) is 6.23 Å². The quantitative estimate of drug-likeness (QED) is 0.186. The van der Waals surface area contributed by atoms with E-state index in [1.54, 1.807) is 0 Å². The number of nitrogen functional groups attached to an aromatic ring is 1. The second kappa shape index (κ2) is 13.9. The van der Waals surface area contributed by atoms with Crippen molar-refractivity contribution in [2.75, 3.05) is 12.3 Å². The molecule has 0 saturated carbocycles. The average Bonchev–Trinajstić information content (AvgIpc) is 2.69. The van der Waals surface area contributed by atoms with E-state index in [1.807, 2.05) is 0 Å². The van der Waals surface area contributed by atoms with Gasteiger partial charge < -0.3 is 47.7 Å². The van der Waals surface area contributed by atoms with E-state index >= 15 is 0 Å². The normalized spacial score (nSPS) is 22.5. The molecule has 0 unspecified atom stereocenters. The summed E-state index contributed by atoms with van der Waals surface area (Å²) in [6.07, 6.45) is -4.69. The second-order valence-electron chi connectivity index (χ2n) is 4.43. The number of phosphoric acid groups is 1. The Morgan fingerprint density at radius 1 is 1.36 bits per heavy atom. The standard InChI is InChI=1S/C9H11F2N3O4.2ClH.2H3N.H3O4P.Pt/c10-9(11)6(16)4(3-15)18-7(9)14-2-1-5(12)13-8(14)17;;;;;1-5(2,3)4;/h1-2,4,6-7,15-16H,3H2,(H2,12,13,17);2*1H;2*1H3;(H3,1,2,3,4);/q;;;;;;+2/p-2/t4-,6-,7-;;;;;;/m1....../s1. The number of aliphatic hydroxyl groups is 2. The number of anilines is 1. The van der Waals surface area contributed by atoms with Crippen LogP contribution in [0, 0.1) is 0 Å². The monoisotopic (exact) mass is 660 g/mol. The van der Waals surface area contributed by atoms with Gasteiger partial charge in [-0.2, -0.15) is 13.8 Å². The van der Waals surface area contributed by atoms with Crippen molar-refractivity contribution in [3.63, 3.8) is 0 Å². The van der Waals surface area contributed by atoms with Crippen LogP contribution in [-0.2, 0) is 25.8 Å². The number of hydrogen-bond acceptors (Lipinski definition) is 9. The first kappa shape index (κ1) is 32.4. The first-order valence-corrected chi connectivity index (χ1v) is 13.3. The first-order chi connectivity index (χ1) is 11.8. The minimum atomic E-state index is -4.64. The first-order valence-electron chi connectivity index (χ1n) is 6.07. The van der Waals surface area contributed by atoms with Crippen LogP contribution in [0.5, 0.6) is 0 Å². The molecule has 0 spiro atoms. The molecular formula is C9H20Cl2F2N5O8PPt. The van der Waals surface area contributed by atoms with Gasteiger partial charge in [0.25, 0.3) is 0 Å². The van der Waals surface area contributed by atoms with Gasteiger partial charge in [-0.25, -0.2) is 9.36 Å². The average molecular weight is 661 g/mol. The molecule has 3 atom stereocenters. The van der Waals surface area contributed by atoms with Crippen LogP contribution < -0.4 is 23.7 Å². The Bertz CT molecular complexity index is 678. The van der Waals surface area contributed by atoms with Gasteiger partial charge in [-0.15, -0.1) is 0 Å². The summed E-state index contributed by atoms with van der Waals surface area (Å²) in [5.41, 5.74) is 4.21. The summed E-state index contributed by atoms with van der Waals surface area (Å²) in [6, 6.07) is 1.15. The van der Waals surface area contributed by atoms with Crippen molar-refractivity contribution in [3.8, 4) is 0 Å². The molecule has 13 N–H and O–H groups in total. The number of halogens is 4. The summed E-state index contributed by atoms with van der Waals surface area (Å²) < 4.78 is 41.6.